The summed E-state index contributed by atoms with van der Waals surface area (Å²) in [6.45, 7) is 0.392. The Kier molecular flexibility index (Phi) is 5.14. The Morgan fingerprint density at radius 1 is 0.828 bits per heavy atom. The topological polar surface area (TPSA) is 72.5 Å². The highest BCUT2D eigenvalue weighted by Crippen LogP contribution is 2.31. The zero-order chi connectivity index (χ0) is 20.4. The molecule has 3 aromatic rings. The molecular formula is C23H16ClNO4. The van der Waals surface area contributed by atoms with Gasteiger partial charge in [0.05, 0.1) is 11.1 Å². The average Bonchev–Trinajstić information content (AvgIpc) is 2.75. The Balaban J connectivity index is 1.46. The molecule has 6 heteroatoms. The van der Waals surface area contributed by atoms with Crippen molar-refractivity contribution in [2.24, 2.45) is 0 Å². The van der Waals surface area contributed by atoms with Gasteiger partial charge in [0.2, 0.25) is 0 Å². The van der Waals surface area contributed by atoms with Gasteiger partial charge in [-0.25, -0.2) is 4.79 Å². The van der Waals surface area contributed by atoms with Crippen LogP contribution in [0, 0.1) is 0 Å². The third kappa shape index (κ3) is 3.65. The van der Waals surface area contributed by atoms with Gasteiger partial charge in [0.1, 0.15) is 6.61 Å². The molecule has 144 valence electrons. The SMILES string of the molecule is O=C(OCCNc1cccc2c1C(=O)c1ccccc1C2=O)c1ccc(Cl)cc1. The van der Waals surface area contributed by atoms with Crippen molar-refractivity contribution in [1.29, 1.82) is 0 Å². The molecule has 0 bridgehead atoms. The molecule has 0 fully saturated rings. The first kappa shape index (κ1) is 18.9. The lowest BCUT2D eigenvalue weighted by Gasteiger charge is -2.20. The first-order valence-electron chi connectivity index (χ1n) is 9.04. The van der Waals surface area contributed by atoms with Crippen molar-refractivity contribution in [3.63, 3.8) is 0 Å². The van der Waals surface area contributed by atoms with Crippen LogP contribution in [-0.2, 0) is 4.74 Å². The summed E-state index contributed by atoms with van der Waals surface area (Å²) in [7, 11) is 0. The Bertz CT molecular complexity index is 1120. The van der Waals surface area contributed by atoms with Crippen LogP contribution >= 0.6 is 11.6 Å². The maximum absolute atomic E-state index is 12.9. The summed E-state index contributed by atoms with van der Waals surface area (Å²) in [6.07, 6.45) is 0. The molecule has 0 saturated carbocycles. The van der Waals surface area contributed by atoms with Gasteiger partial charge in [-0.1, -0.05) is 48.0 Å². The van der Waals surface area contributed by atoms with E-state index in [0.717, 1.165) is 0 Å². The van der Waals surface area contributed by atoms with Crippen LogP contribution in [0.4, 0.5) is 5.69 Å². The maximum Gasteiger partial charge on any atom is 0.338 e. The molecule has 0 radical (unpaired) electrons. The largest absolute Gasteiger partial charge is 0.460 e. The Morgan fingerprint density at radius 2 is 1.48 bits per heavy atom. The van der Waals surface area contributed by atoms with Gasteiger partial charge in [-0.3, -0.25) is 9.59 Å². The maximum atomic E-state index is 12.9. The third-order valence-corrected chi connectivity index (χ3v) is 4.94. The molecule has 0 aliphatic heterocycles. The standard InChI is InChI=1S/C23H16ClNO4/c24-15-10-8-14(9-11-15)23(28)29-13-12-25-19-7-3-6-18-20(19)22(27)17-5-2-1-4-16(17)21(18)26/h1-11,25H,12-13H2. The van der Waals surface area contributed by atoms with E-state index >= 15 is 0 Å². The average molecular weight is 406 g/mol. The van der Waals surface area contributed by atoms with Crippen molar-refractivity contribution in [1.82, 2.24) is 0 Å². The second-order valence-electron chi connectivity index (χ2n) is 6.50. The minimum absolute atomic E-state index is 0.101. The Labute approximate surface area is 172 Å². The van der Waals surface area contributed by atoms with Gasteiger partial charge >= 0.3 is 5.97 Å². The number of fused-ring (bicyclic) bond motifs is 2. The summed E-state index contributed by atoms with van der Waals surface area (Å²) in [6, 6.07) is 18.3. The molecule has 0 unspecified atom stereocenters. The summed E-state index contributed by atoms with van der Waals surface area (Å²) >= 11 is 5.81. The van der Waals surface area contributed by atoms with Crippen LogP contribution in [0.3, 0.4) is 0 Å². The van der Waals surface area contributed by atoms with Gasteiger partial charge in [0.25, 0.3) is 0 Å². The number of benzene rings is 3. The number of rotatable bonds is 5. The van der Waals surface area contributed by atoms with E-state index in [1.807, 2.05) is 0 Å². The van der Waals surface area contributed by atoms with Crippen molar-refractivity contribution in [2.45, 2.75) is 0 Å². The predicted molar refractivity (Wildman–Crippen MR) is 110 cm³/mol. The van der Waals surface area contributed by atoms with E-state index < -0.39 is 5.97 Å². The molecule has 1 N–H and O–H groups in total. The van der Waals surface area contributed by atoms with E-state index in [4.69, 9.17) is 16.3 Å². The van der Waals surface area contributed by atoms with E-state index in [2.05, 4.69) is 5.32 Å². The first-order chi connectivity index (χ1) is 14.1. The first-order valence-corrected chi connectivity index (χ1v) is 9.42. The summed E-state index contributed by atoms with van der Waals surface area (Å²) in [5.41, 5.74) is 2.48. The summed E-state index contributed by atoms with van der Waals surface area (Å²) in [5.74, 6) is -0.830. The zero-order valence-corrected chi connectivity index (χ0v) is 16.0. The van der Waals surface area contributed by atoms with Crippen molar-refractivity contribution >= 4 is 34.8 Å². The second-order valence-corrected chi connectivity index (χ2v) is 6.94. The lowest BCUT2D eigenvalue weighted by atomic mass is 9.83. The van der Waals surface area contributed by atoms with Crippen LogP contribution in [0.2, 0.25) is 5.02 Å². The molecule has 4 rings (SSSR count). The van der Waals surface area contributed by atoms with Crippen LogP contribution in [0.15, 0.2) is 66.7 Å². The monoisotopic (exact) mass is 405 g/mol. The van der Waals surface area contributed by atoms with Crippen LogP contribution in [0.5, 0.6) is 0 Å². The van der Waals surface area contributed by atoms with E-state index in [9.17, 15) is 14.4 Å². The lowest BCUT2D eigenvalue weighted by Crippen LogP contribution is -2.23. The Morgan fingerprint density at radius 3 is 2.21 bits per heavy atom. The van der Waals surface area contributed by atoms with Crippen LogP contribution in [-0.4, -0.2) is 30.7 Å². The number of nitrogens with one attached hydrogen (secondary N) is 1. The van der Waals surface area contributed by atoms with Gasteiger partial charge < -0.3 is 10.1 Å². The van der Waals surface area contributed by atoms with Crippen LogP contribution in [0.1, 0.15) is 42.2 Å². The van der Waals surface area contributed by atoms with E-state index in [1.165, 1.54) is 0 Å². The van der Waals surface area contributed by atoms with Gasteiger partial charge in [0.15, 0.2) is 11.6 Å². The second kappa shape index (κ2) is 7.89. The quantitative estimate of drug-likeness (QED) is 0.394. The fourth-order valence-corrected chi connectivity index (χ4v) is 3.42. The number of hydrogen-bond acceptors (Lipinski definition) is 5. The molecule has 0 saturated heterocycles. The van der Waals surface area contributed by atoms with Gasteiger partial charge in [0, 0.05) is 33.9 Å². The van der Waals surface area contributed by atoms with Crippen molar-refractivity contribution in [3.8, 4) is 0 Å². The van der Waals surface area contributed by atoms with E-state index in [-0.39, 0.29) is 18.2 Å². The minimum atomic E-state index is -0.460. The molecule has 1 aliphatic rings. The molecule has 5 nitrogen and oxygen atoms in total. The summed E-state index contributed by atoms with van der Waals surface area (Å²) in [4.78, 5) is 37.7. The predicted octanol–water partition coefficient (Wildman–Crippen LogP) is 4.38. The highest BCUT2D eigenvalue weighted by molar-refractivity contribution is 6.31. The molecule has 29 heavy (non-hydrogen) atoms. The minimum Gasteiger partial charge on any atom is -0.460 e. The molecular weight excluding hydrogens is 390 g/mol. The summed E-state index contributed by atoms with van der Waals surface area (Å²) < 4.78 is 5.24. The molecule has 0 atom stereocenters. The van der Waals surface area contributed by atoms with E-state index in [0.29, 0.717) is 45.1 Å². The normalized spacial score (nSPS) is 12.2. The zero-order valence-electron chi connectivity index (χ0n) is 15.3. The smallest absolute Gasteiger partial charge is 0.338 e. The number of halogens is 1. The third-order valence-electron chi connectivity index (χ3n) is 4.68. The summed E-state index contributed by atoms with van der Waals surface area (Å²) in [5, 5.41) is 3.64. The Hall–Kier alpha value is -3.44. The van der Waals surface area contributed by atoms with Crippen molar-refractivity contribution < 1.29 is 19.1 Å². The lowest BCUT2D eigenvalue weighted by molar-refractivity contribution is 0.0520. The molecule has 0 heterocycles. The number of ketones is 2. The highest BCUT2D eigenvalue weighted by atomic mass is 35.5. The fraction of sp³-hybridized carbons (Fsp3) is 0.0870. The van der Waals surface area contributed by atoms with Crippen molar-refractivity contribution in [2.75, 3.05) is 18.5 Å². The fourth-order valence-electron chi connectivity index (χ4n) is 3.29. The van der Waals surface area contributed by atoms with Crippen molar-refractivity contribution in [3.05, 3.63) is 99.6 Å². The van der Waals surface area contributed by atoms with Gasteiger partial charge in [-0.2, -0.15) is 0 Å². The molecule has 0 amide bonds. The number of anilines is 1. The number of carbonyl (C=O) groups excluding carboxylic acids is 3. The molecule has 3 aromatic carbocycles. The van der Waals surface area contributed by atoms with Crippen LogP contribution in [0.25, 0.3) is 0 Å². The highest BCUT2D eigenvalue weighted by Gasteiger charge is 2.31. The number of ether oxygens (including phenoxy) is 1. The molecule has 0 aromatic heterocycles. The number of esters is 1. The van der Waals surface area contributed by atoms with Gasteiger partial charge in [-0.05, 0) is 30.3 Å². The van der Waals surface area contributed by atoms with E-state index in [1.54, 1.807) is 66.7 Å². The number of carbonyl (C=O) groups is 3. The van der Waals surface area contributed by atoms with Crippen LogP contribution < -0.4 is 5.32 Å². The molecule has 1 aliphatic carbocycles. The molecule has 0 spiro atoms. The number of hydrogen-bond donors (Lipinski definition) is 1. The van der Waals surface area contributed by atoms with Gasteiger partial charge in [-0.15, -0.1) is 0 Å².